The molecule has 26 heavy (non-hydrogen) atoms. The molecular formula is C19H21F2NO4. The number of ether oxygens (including phenoxy) is 3. The minimum atomic E-state index is -1.04. The fraction of sp³-hybridized carbons (Fsp3) is 0.316. The summed E-state index contributed by atoms with van der Waals surface area (Å²) in [4.78, 5) is 12.3. The first-order valence-electron chi connectivity index (χ1n) is 8.26. The average molecular weight is 365 g/mol. The van der Waals surface area contributed by atoms with Crippen LogP contribution in [0.5, 0.6) is 17.2 Å². The summed E-state index contributed by atoms with van der Waals surface area (Å²) in [6.45, 7) is 6.16. The molecule has 0 radical (unpaired) electrons. The van der Waals surface area contributed by atoms with E-state index in [-0.39, 0.29) is 5.75 Å². The number of hydrogen-bond acceptors (Lipinski definition) is 4. The summed E-state index contributed by atoms with van der Waals surface area (Å²) in [5, 5.41) is 2.69. The Hall–Kier alpha value is -2.83. The first-order chi connectivity index (χ1) is 12.4. The van der Waals surface area contributed by atoms with Gasteiger partial charge < -0.3 is 19.5 Å². The van der Waals surface area contributed by atoms with Crippen LogP contribution in [-0.4, -0.2) is 25.2 Å². The van der Waals surface area contributed by atoms with Crippen LogP contribution < -0.4 is 19.5 Å². The zero-order valence-corrected chi connectivity index (χ0v) is 14.8. The summed E-state index contributed by atoms with van der Waals surface area (Å²) in [7, 11) is 0. The Bertz CT molecular complexity index is 767. The molecule has 1 N–H and O–H groups in total. The van der Waals surface area contributed by atoms with Gasteiger partial charge in [-0.3, -0.25) is 4.79 Å². The molecule has 0 aliphatic heterocycles. The van der Waals surface area contributed by atoms with Gasteiger partial charge in [0.1, 0.15) is 5.75 Å². The van der Waals surface area contributed by atoms with E-state index in [2.05, 4.69) is 5.32 Å². The monoisotopic (exact) mass is 365 g/mol. The van der Waals surface area contributed by atoms with E-state index in [9.17, 15) is 13.6 Å². The molecule has 0 aliphatic rings. The molecule has 0 bridgehead atoms. The van der Waals surface area contributed by atoms with Crippen LogP contribution in [-0.2, 0) is 4.79 Å². The third kappa shape index (κ3) is 5.08. The molecule has 5 nitrogen and oxygen atoms in total. The van der Waals surface area contributed by atoms with Gasteiger partial charge in [-0.2, -0.15) is 0 Å². The van der Waals surface area contributed by atoms with Crippen LogP contribution >= 0.6 is 0 Å². The van der Waals surface area contributed by atoms with Gasteiger partial charge in [-0.1, -0.05) is 0 Å². The van der Waals surface area contributed by atoms with Crippen LogP contribution in [0.3, 0.4) is 0 Å². The zero-order valence-electron chi connectivity index (χ0n) is 14.8. The number of nitrogens with one attached hydrogen (secondary N) is 1. The molecule has 0 spiro atoms. The summed E-state index contributed by atoms with van der Waals surface area (Å²) in [6, 6.07) is 8.11. The Labute approximate surface area is 150 Å². The summed E-state index contributed by atoms with van der Waals surface area (Å²) in [6.07, 6.45) is -0.915. The number of carbonyl (C=O) groups excluding carboxylic acids is 1. The topological polar surface area (TPSA) is 56.8 Å². The highest BCUT2D eigenvalue weighted by Gasteiger charge is 2.17. The van der Waals surface area contributed by atoms with Gasteiger partial charge in [-0.05, 0) is 45.0 Å². The maximum absolute atomic E-state index is 13.2. The van der Waals surface area contributed by atoms with Crippen LogP contribution in [0.2, 0.25) is 0 Å². The lowest BCUT2D eigenvalue weighted by molar-refractivity contribution is -0.122. The van der Waals surface area contributed by atoms with Crippen molar-refractivity contribution in [2.45, 2.75) is 26.9 Å². The van der Waals surface area contributed by atoms with Crippen molar-refractivity contribution < 1.29 is 27.8 Å². The molecule has 0 aliphatic carbocycles. The van der Waals surface area contributed by atoms with E-state index < -0.39 is 23.6 Å². The molecule has 0 fully saturated rings. The molecule has 2 rings (SSSR count). The molecule has 0 saturated carbocycles. The second-order valence-electron chi connectivity index (χ2n) is 5.35. The van der Waals surface area contributed by atoms with E-state index in [1.165, 1.54) is 13.0 Å². The molecule has 1 unspecified atom stereocenters. The van der Waals surface area contributed by atoms with Crippen LogP contribution in [0.15, 0.2) is 36.4 Å². The number of carbonyl (C=O) groups is 1. The summed E-state index contributed by atoms with van der Waals surface area (Å²) < 4.78 is 42.5. The second-order valence-corrected chi connectivity index (χ2v) is 5.35. The van der Waals surface area contributed by atoms with Gasteiger partial charge in [0.2, 0.25) is 0 Å². The molecule has 2 aromatic carbocycles. The molecule has 1 amide bonds. The number of hydrogen-bond donors (Lipinski definition) is 1. The smallest absolute Gasteiger partial charge is 0.265 e. The van der Waals surface area contributed by atoms with E-state index in [4.69, 9.17) is 14.2 Å². The third-order valence-corrected chi connectivity index (χ3v) is 3.38. The van der Waals surface area contributed by atoms with Crippen molar-refractivity contribution in [1.29, 1.82) is 0 Å². The second kappa shape index (κ2) is 9.03. The molecule has 0 heterocycles. The fourth-order valence-electron chi connectivity index (χ4n) is 2.18. The largest absolute Gasteiger partial charge is 0.490 e. The maximum atomic E-state index is 13.2. The van der Waals surface area contributed by atoms with E-state index in [0.717, 1.165) is 12.1 Å². The van der Waals surface area contributed by atoms with Gasteiger partial charge in [0.25, 0.3) is 5.91 Å². The third-order valence-electron chi connectivity index (χ3n) is 3.38. The van der Waals surface area contributed by atoms with Crippen molar-refractivity contribution in [1.82, 2.24) is 0 Å². The molecule has 7 heteroatoms. The lowest BCUT2D eigenvalue weighted by Gasteiger charge is -2.16. The number of rotatable bonds is 8. The Kier molecular flexibility index (Phi) is 6.77. The van der Waals surface area contributed by atoms with Crippen LogP contribution in [0.25, 0.3) is 0 Å². The first kappa shape index (κ1) is 19.5. The predicted molar refractivity (Wildman–Crippen MR) is 93.9 cm³/mol. The van der Waals surface area contributed by atoms with Crippen molar-refractivity contribution >= 4 is 11.6 Å². The number of amides is 1. The Morgan fingerprint density at radius 1 is 1.00 bits per heavy atom. The van der Waals surface area contributed by atoms with E-state index in [1.54, 1.807) is 18.2 Å². The van der Waals surface area contributed by atoms with Crippen molar-refractivity contribution in [2.24, 2.45) is 0 Å². The number of benzene rings is 2. The minimum Gasteiger partial charge on any atom is -0.490 e. The molecular weight excluding hydrogens is 344 g/mol. The quantitative estimate of drug-likeness (QED) is 0.763. The molecule has 2 aromatic rings. The fourth-order valence-corrected chi connectivity index (χ4v) is 2.18. The molecule has 0 aromatic heterocycles. The Morgan fingerprint density at radius 2 is 1.69 bits per heavy atom. The van der Waals surface area contributed by atoms with Gasteiger partial charge in [0, 0.05) is 17.8 Å². The van der Waals surface area contributed by atoms with Gasteiger partial charge in [0.15, 0.2) is 29.2 Å². The number of halogens is 2. The predicted octanol–water partition coefficient (Wildman–Crippen LogP) is 4.17. The standard InChI is InChI=1S/C19H21F2NO4/c1-4-24-17-9-6-13(10-18(17)25-5-2)22-19(23)12(3)26-14-7-8-15(20)16(21)11-14/h6-12H,4-5H2,1-3H3,(H,22,23). The van der Waals surface area contributed by atoms with E-state index in [0.29, 0.717) is 30.4 Å². The lowest BCUT2D eigenvalue weighted by atomic mass is 10.2. The lowest BCUT2D eigenvalue weighted by Crippen LogP contribution is -2.30. The van der Waals surface area contributed by atoms with Gasteiger partial charge >= 0.3 is 0 Å². The van der Waals surface area contributed by atoms with Gasteiger partial charge in [0.05, 0.1) is 13.2 Å². The highest BCUT2D eigenvalue weighted by Crippen LogP contribution is 2.30. The highest BCUT2D eigenvalue weighted by molar-refractivity contribution is 5.94. The highest BCUT2D eigenvalue weighted by atomic mass is 19.2. The van der Waals surface area contributed by atoms with Crippen LogP contribution in [0, 0.1) is 11.6 Å². The van der Waals surface area contributed by atoms with Crippen molar-refractivity contribution in [3.05, 3.63) is 48.0 Å². The maximum Gasteiger partial charge on any atom is 0.265 e. The summed E-state index contributed by atoms with van der Waals surface area (Å²) >= 11 is 0. The van der Waals surface area contributed by atoms with E-state index in [1.807, 2.05) is 13.8 Å². The SMILES string of the molecule is CCOc1ccc(NC(=O)C(C)Oc2ccc(F)c(F)c2)cc1OCC. The first-order valence-corrected chi connectivity index (χ1v) is 8.26. The van der Waals surface area contributed by atoms with Crippen molar-refractivity contribution in [3.63, 3.8) is 0 Å². The zero-order chi connectivity index (χ0) is 19.1. The summed E-state index contributed by atoms with van der Waals surface area (Å²) in [5.74, 6) is -1.30. The van der Waals surface area contributed by atoms with Crippen LogP contribution in [0.4, 0.5) is 14.5 Å². The molecule has 140 valence electrons. The van der Waals surface area contributed by atoms with Crippen LogP contribution in [0.1, 0.15) is 20.8 Å². The Balaban J connectivity index is 2.05. The van der Waals surface area contributed by atoms with E-state index >= 15 is 0 Å². The Morgan fingerprint density at radius 3 is 2.35 bits per heavy atom. The van der Waals surface area contributed by atoms with Gasteiger partial charge in [-0.15, -0.1) is 0 Å². The normalized spacial score (nSPS) is 11.6. The molecule has 1 atom stereocenters. The van der Waals surface area contributed by atoms with Crippen molar-refractivity contribution in [3.8, 4) is 17.2 Å². The average Bonchev–Trinajstić information content (AvgIpc) is 2.60. The summed E-state index contributed by atoms with van der Waals surface area (Å²) in [5.41, 5.74) is 0.502. The van der Waals surface area contributed by atoms with Gasteiger partial charge in [-0.25, -0.2) is 8.78 Å². The van der Waals surface area contributed by atoms with Crippen molar-refractivity contribution in [2.75, 3.05) is 18.5 Å². The number of anilines is 1. The molecule has 0 saturated heterocycles. The minimum absolute atomic E-state index is 0.0632.